The summed E-state index contributed by atoms with van der Waals surface area (Å²) in [5, 5.41) is 11.4. The molecule has 1 fully saturated rings. The Morgan fingerprint density at radius 1 is 1.21 bits per heavy atom. The fraction of sp³-hybridized carbons (Fsp3) is 0.636. The van der Waals surface area contributed by atoms with Crippen molar-refractivity contribution in [3.05, 3.63) is 23.8 Å². The molecule has 0 radical (unpaired) electrons. The number of hydrogen-bond acceptors (Lipinski definition) is 4. The van der Waals surface area contributed by atoms with Crippen molar-refractivity contribution < 1.29 is 14.3 Å². The van der Waals surface area contributed by atoms with Gasteiger partial charge in [0.2, 0.25) is 0 Å². The molecule has 0 bridgehead atoms. The Morgan fingerprint density at radius 2 is 1.96 bits per heavy atom. The van der Waals surface area contributed by atoms with Crippen molar-refractivity contribution in [3.63, 3.8) is 0 Å². The molecule has 1 aliphatic rings. The fourth-order valence-corrected chi connectivity index (χ4v) is 3.94. The van der Waals surface area contributed by atoms with Crippen LogP contribution >= 0.6 is 0 Å². The van der Waals surface area contributed by atoms with E-state index in [1.165, 1.54) is 56.9 Å². The number of nitrogens with zero attached hydrogens (tertiary/aromatic N) is 2. The molecule has 6 nitrogen and oxygen atoms in total. The number of carbonyl (C=O) groups is 1. The molecule has 2 aromatic rings. The summed E-state index contributed by atoms with van der Waals surface area (Å²) in [6, 6.07) is 6.80. The molecule has 1 aromatic heterocycles. The van der Waals surface area contributed by atoms with E-state index in [1.54, 1.807) is 0 Å². The van der Waals surface area contributed by atoms with Crippen molar-refractivity contribution >= 4 is 23.2 Å². The smallest absolute Gasteiger partial charge is 0.404 e. The van der Waals surface area contributed by atoms with Gasteiger partial charge in [-0.25, -0.2) is 4.79 Å². The Labute approximate surface area is 167 Å². The minimum Gasteiger partial charge on any atom is -0.465 e. The number of aromatic nitrogens is 1. The van der Waals surface area contributed by atoms with Crippen LogP contribution < -0.4 is 10.2 Å². The fourth-order valence-electron chi connectivity index (χ4n) is 3.94. The highest BCUT2D eigenvalue weighted by atomic mass is 16.4. The third kappa shape index (κ3) is 5.88. The molecule has 1 aromatic carbocycles. The van der Waals surface area contributed by atoms with Crippen LogP contribution in [0.5, 0.6) is 0 Å². The van der Waals surface area contributed by atoms with Crippen LogP contribution in [-0.2, 0) is 6.42 Å². The monoisotopic (exact) mass is 387 g/mol. The molecule has 28 heavy (non-hydrogen) atoms. The lowest BCUT2D eigenvalue weighted by atomic mass is 10.0. The summed E-state index contributed by atoms with van der Waals surface area (Å²) in [6.07, 6.45) is 11.5. The van der Waals surface area contributed by atoms with Crippen LogP contribution in [0.4, 0.5) is 10.8 Å². The summed E-state index contributed by atoms with van der Waals surface area (Å²) in [7, 11) is 0. The predicted molar refractivity (Wildman–Crippen MR) is 112 cm³/mol. The first-order valence-corrected chi connectivity index (χ1v) is 10.8. The highest BCUT2D eigenvalue weighted by Gasteiger charge is 2.27. The molecule has 0 saturated carbocycles. The van der Waals surface area contributed by atoms with E-state index < -0.39 is 6.09 Å². The summed E-state index contributed by atoms with van der Waals surface area (Å²) in [5.74, 6) is 0. The van der Waals surface area contributed by atoms with Gasteiger partial charge >= 0.3 is 6.09 Å². The van der Waals surface area contributed by atoms with Crippen LogP contribution in [0, 0.1) is 0 Å². The molecule has 154 valence electrons. The van der Waals surface area contributed by atoms with Crippen molar-refractivity contribution in [2.24, 2.45) is 0 Å². The molecule has 1 saturated heterocycles. The van der Waals surface area contributed by atoms with Gasteiger partial charge in [0.1, 0.15) is 5.52 Å². The number of aryl methyl sites for hydroxylation is 1. The maximum absolute atomic E-state index is 10.8. The van der Waals surface area contributed by atoms with Gasteiger partial charge in [-0.15, -0.1) is 0 Å². The first-order chi connectivity index (χ1) is 13.7. The topological polar surface area (TPSA) is 78.6 Å². The largest absolute Gasteiger partial charge is 0.465 e. The average molecular weight is 388 g/mol. The van der Waals surface area contributed by atoms with E-state index in [1.807, 2.05) is 11.0 Å². The second-order valence-corrected chi connectivity index (χ2v) is 7.90. The zero-order valence-electron chi connectivity index (χ0n) is 17.0. The summed E-state index contributed by atoms with van der Waals surface area (Å²) in [5.41, 5.74) is 3.00. The molecule has 0 unspecified atom stereocenters. The molecule has 1 aliphatic heterocycles. The lowest BCUT2D eigenvalue weighted by Crippen LogP contribution is -2.36. The molecule has 1 atom stereocenters. The molecule has 2 N–H and O–H groups in total. The zero-order chi connectivity index (χ0) is 19.8. The van der Waals surface area contributed by atoms with E-state index in [2.05, 4.69) is 29.4 Å². The normalized spacial score (nSPS) is 16.8. The van der Waals surface area contributed by atoms with Crippen LogP contribution in [0.25, 0.3) is 11.1 Å². The van der Waals surface area contributed by atoms with Crippen LogP contribution in [-0.4, -0.2) is 35.3 Å². The number of nitrogens with one attached hydrogen (secondary N) is 1. The summed E-state index contributed by atoms with van der Waals surface area (Å²) in [6.45, 7) is 3.61. The van der Waals surface area contributed by atoms with E-state index in [0.717, 1.165) is 30.5 Å². The molecule has 1 amide bonds. The summed E-state index contributed by atoms with van der Waals surface area (Å²) in [4.78, 5) is 17.4. The SMILES string of the molecule is CCCCCCCCCCc1ccc2oc(N3CC[C@H](NC(=O)O)C3)nc2c1. The Hall–Kier alpha value is -2.24. The number of rotatable bonds is 11. The van der Waals surface area contributed by atoms with Gasteiger partial charge in [-0.3, -0.25) is 0 Å². The van der Waals surface area contributed by atoms with Gasteiger partial charge < -0.3 is 19.7 Å². The average Bonchev–Trinajstić information content (AvgIpc) is 3.29. The van der Waals surface area contributed by atoms with Crippen molar-refractivity contribution in [3.8, 4) is 0 Å². The van der Waals surface area contributed by atoms with E-state index in [-0.39, 0.29) is 6.04 Å². The van der Waals surface area contributed by atoms with Gasteiger partial charge in [-0.2, -0.15) is 4.98 Å². The highest BCUT2D eigenvalue weighted by Crippen LogP contribution is 2.26. The van der Waals surface area contributed by atoms with Crippen molar-refractivity contribution in [2.45, 2.75) is 77.2 Å². The molecular weight excluding hydrogens is 354 g/mol. The van der Waals surface area contributed by atoms with Crippen LogP contribution in [0.3, 0.4) is 0 Å². The lowest BCUT2D eigenvalue weighted by molar-refractivity contribution is 0.191. The van der Waals surface area contributed by atoms with E-state index >= 15 is 0 Å². The Balaban J connectivity index is 1.46. The van der Waals surface area contributed by atoms with Crippen LogP contribution in [0.1, 0.15) is 70.3 Å². The third-order valence-electron chi connectivity index (χ3n) is 5.55. The molecule has 2 heterocycles. The molecular formula is C22H33N3O3. The van der Waals surface area contributed by atoms with Gasteiger partial charge in [-0.1, -0.05) is 57.9 Å². The number of anilines is 1. The van der Waals surface area contributed by atoms with Crippen LogP contribution in [0.2, 0.25) is 0 Å². The first-order valence-electron chi connectivity index (χ1n) is 10.8. The van der Waals surface area contributed by atoms with Crippen molar-refractivity contribution in [2.75, 3.05) is 18.0 Å². The minimum absolute atomic E-state index is 0.0648. The predicted octanol–water partition coefficient (Wildman–Crippen LogP) is 5.36. The highest BCUT2D eigenvalue weighted by molar-refractivity contribution is 5.75. The number of carboxylic acid groups (broad SMARTS) is 1. The zero-order valence-corrected chi connectivity index (χ0v) is 17.0. The van der Waals surface area contributed by atoms with Gasteiger partial charge in [0.15, 0.2) is 5.58 Å². The lowest BCUT2D eigenvalue weighted by Gasteiger charge is -2.13. The van der Waals surface area contributed by atoms with E-state index in [9.17, 15) is 4.79 Å². The molecule has 0 spiro atoms. The van der Waals surface area contributed by atoms with Gasteiger partial charge in [0, 0.05) is 13.1 Å². The van der Waals surface area contributed by atoms with E-state index in [0.29, 0.717) is 12.6 Å². The Bertz CT molecular complexity index is 759. The minimum atomic E-state index is -0.977. The van der Waals surface area contributed by atoms with Gasteiger partial charge in [0.25, 0.3) is 6.01 Å². The third-order valence-corrected chi connectivity index (χ3v) is 5.55. The van der Waals surface area contributed by atoms with Gasteiger partial charge in [-0.05, 0) is 37.0 Å². The molecule has 6 heteroatoms. The maximum Gasteiger partial charge on any atom is 0.404 e. The second-order valence-electron chi connectivity index (χ2n) is 7.90. The second kappa shape index (κ2) is 10.3. The number of amides is 1. The quantitative estimate of drug-likeness (QED) is 0.508. The van der Waals surface area contributed by atoms with Crippen molar-refractivity contribution in [1.29, 1.82) is 0 Å². The Morgan fingerprint density at radius 3 is 2.71 bits per heavy atom. The van der Waals surface area contributed by atoms with E-state index in [4.69, 9.17) is 9.52 Å². The summed E-state index contributed by atoms with van der Waals surface area (Å²) >= 11 is 0. The number of unbranched alkanes of at least 4 members (excludes halogenated alkanes) is 7. The number of benzene rings is 1. The first kappa shape index (κ1) is 20.5. The number of fused-ring (bicyclic) bond motifs is 1. The molecule has 0 aliphatic carbocycles. The standard InChI is InChI=1S/C22H33N3O3/c1-2-3-4-5-6-7-8-9-10-17-11-12-20-19(15-17)24-21(28-20)25-14-13-18(16-25)23-22(26)27/h11-12,15,18,23H,2-10,13-14,16H2,1H3,(H,26,27)/t18-/m0/s1. The van der Waals surface area contributed by atoms with Crippen molar-refractivity contribution in [1.82, 2.24) is 10.3 Å². The van der Waals surface area contributed by atoms with Gasteiger partial charge in [0.05, 0.1) is 6.04 Å². The van der Waals surface area contributed by atoms with Crippen LogP contribution in [0.15, 0.2) is 22.6 Å². The molecule has 3 rings (SSSR count). The summed E-state index contributed by atoms with van der Waals surface area (Å²) < 4.78 is 5.89. The maximum atomic E-state index is 10.8. The number of hydrogen-bond donors (Lipinski definition) is 2. The Kier molecular flexibility index (Phi) is 7.57. The number of oxazole rings is 1.